The lowest BCUT2D eigenvalue weighted by Gasteiger charge is -2.34. The average molecular weight is 402 g/mol. The Morgan fingerprint density at radius 3 is 2.37 bits per heavy atom. The standard InChI is InChI=1S/C25H27N3O2/c1-18-7-5-12-23(19(18)2)26-24(29)17-27-13-15-28(16-14-27)25(30)22-11-6-9-20-8-3-4-10-21(20)22/h3-12H,13-17H2,1-2H3,(H,26,29). The molecule has 30 heavy (non-hydrogen) atoms. The van der Waals surface area contributed by atoms with Gasteiger partial charge in [-0.15, -0.1) is 0 Å². The van der Waals surface area contributed by atoms with Crippen LogP contribution in [-0.4, -0.2) is 54.3 Å². The summed E-state index contributed by atoms with van der Waals surface area (Å²) in [6.07, 6.45) is 0. The molecule has 0 spiro atoms. The summed E-state index contributed by atoms with van der Waals surface area (Å²) in [4.78, 5) is 29.6. The third-order valence-corrected chi connectivity index (χ3v) is 5.93. The zero-order valence-corrected chi connectivity index (χ0v) is 17.5. The monoisotopic (exact) mass is 401 g/mol. The molecule has 0 unspecified atom stereocenters. The summed E-state index contributed by atoms with van der Waals surface area (Å²) < 4.78 is 0. The molecule has 5 nitrogen and oxygen atoms in total. The zero-order valence-electron chi connectivity index (χ0n) is 17.5. The average Bonchev–Trinajstić information content (AvgIpc) is 2.76. The van der Waals surface area contributed by atoms with E-state index in [9.17, 15) is 9.59 Å². The SMILES string of the molecule is Cc1cccc(NC(=O)CN2CCN(C(=O)c3cccc4ccccc34)CC2)c1C. The van der Waals surface area contributed by atoms with Crippen LogP contribution in [0.15, 0.2) is 60.7 Å². The number of nitrogens with zero attached hydrogens (tertiary/aromatic N) is 2. The van der Waals surface area contributed by atoms with Gasteiger partial charge in [-0.25, -0.2) is 0 Å². The Morgan fingerprint density at radius 2 is 1.57 bits per heavy atom. The number of anilines is 1. The molecule has 1 aliphatic rings. The maximum atomic E-state index is 13.1. The molecule has 1 aliphatic heterocycles. The van der Waals surface area contributed by atoms with Crippen molar-refractivity contribution in [3.05, 3.63) is 77.4 Å². The molecule has 1 fully saturated rings. The number of carbonyl (C=O) groups excluding carboxylic acids is 2. The molecule has 0 bridgehead atoms. The fraction of sp³-hybridized carbons (Fsp3) is 0.280. The molecule has 1 saturated heterocycles. The number of fused-ring (bicyclic) bond motifs is 1. The van der Waals surface area contributed by atoms with Gasteiger partial charge in [0.2, 0.25) is 5.91 Å². The number of piperazine rings is 1. The highest BCUT2D eigenvalue weighted by Gasteiger charge is 2.24. The molecule has 0 saturated carbocycles. The van der Waals surface area contributed by atoms with Crippen LogP contribution in [0.25, 0.3) is 10.8 Å². The summed E-state index contributed by atoms with van der Waals surface area (Å²) in [5.74, 6) is 0.0452. The molecular weight excluding hydrogens is 374 g/mol. The quantitative estimate of drug-likeness (QED) is 0.722. The van der Waals surface area contributed by atoms with Gasteiger partial charge < -0.3 is 10.2 Å². The molecule has 3 aromatic carbocycles. The Hall–Kier alpha value is -3.18. The van der Waals surface area contributed by atoms with E-state index in [0.29, 0.717) is 32.7 Å². The second-order valence-corrected chi connectivity index (χ2v) is 7.89. The highest BCUT2D eigenvalue weighted by Crippen LogP contribution is 2.21. The van der Waals surface area contributed by atoms with E-state index in [2.05, 4.69) is 10.2 Å². The Bertz CT molecular complexity index is 1080. The van der Waals surface area contributed by atoms with Crippen molar-refractivity contribution >= 4 is 28.3 Å². The lowest BCUT2D eigenvalue weighted by atomic mass is 10.0. The van der Waals surface area contributed by atoms with Gasteiger partial charge in [0.15, 0.2) is 0 Å². The number of nitrogens with one attached hydrogen (secondary N) is 1. The number of hydrogen-bond donors (Lipinski definition) is 1. The molecule has 154 valence electrons. The molecule has 1 heterocycles. The van der Waals surface area contributed by atoms with Crippen LogP contribution < -0.4 is 5.32 Å². The van der Waals surface area contributed by atoms with E-state index in [1.807, 2.05) is 79.4 Å². The molecule has 3 aromatic rings. The second kappa shape index (κ2) is 8.67. The van der Waals surface area contributed by atoms with Crippen molar-refractivity contribution in [3.8, 4) is 0 Å². The van der Waals surface area contributed by atoms with Crippen molar-refractivity contribution in [1.82, 2.24) is 9.80 Å². The summed E-state index contributed by atoms with van der Waals surface area (Å²) in [5.41, 5.74) is 3.86. The maximum Gasteiger partial charge on any atom is 0.254 e. The van der Waals surface area contributed by atoms with Gasteiger partial charge in [-0.3, -0.25) is 14.5 Å². The highest BCUT2D eigenvalue weighted by atomic mass is 16.2. The van der Waals surface area contributed by atoms with Gasteiger partial charge in [0, 0.05) is 37.4 Å². The Kier molecular flexibility index (Phi) is 5.81. The van der Waals surface area contributed by atoms with E-state index in [-0.39, 0.29) is 11.8 Å². The van der Waals surface area contributed by atoms with Gasteiger partial charge in [-0.1, -0.05) is 48.5 Å². The number of hydrogen-bond acceptors (Lipinski definition) is 3. The Morgan fingerprint density at radius 1 is 0.867 bits per heavy atom. The number of benzene rings is 3. The molecule has 4 rings (SSSR count). The molecule has 0 radical (unpaired) electrons. The van der Waals surface area contributed by atoms with Crippen LogP contribution in [0.3, 0.4) is 0 Å². The summed E-state index contributed by atoms with van der Waals surface area (Å²) in [7, 11) is 0. The highest BCUT2D eigenvalue weighted by molar-refractivity contribution is 6.07. The van der Waals surface area contributed by atoms with Gasteiger partial charge >= 0.3 is 0 Å². The number of amides is 2. The molecule has 0 aromatic heterocycles. The van der Waals surface area contributed by atoms with Crippen LogP contribution in [0.2, 0.25) is 0 Å². The topological polar surface area (TPSA) is 52.7 Å². The second-order valence-electron chi connectivity index (χ2n) is 7.89. The minimum absolute atomic E-state index is 0.0162. The minimum atomic E-state index is -0.0162. The fourth-order valence-corrected chi connectivity index (χ4v) is 3.97. The summed E-state index contributed by atoms with van der Waals surface area (Å²) >= 11 is 0. The van der Waals surface area contributed by atoms with Gasteiger partial charge in [-0.05, 0) is 47.9 Å². The van der Waals surface area contributed by atoms with Crippen LogP contribution in [-0.2, 0) is 4.79 Å². The Balaban J connectivity index is 1.35. The van der Waals surface area contributed by atoms with E-state index in [1.54, 1.807) is 0 Å². The smallest absolute Gasteiger partial charge is 0.254 e. The number of carbonyl (C=O) groups is 2. The van der Waals surface area contributed by atoms with E-state index >= 15 is 0 Å². The van der Waals surface area contributed by atoms with Crippen molar-refractivity contribution < 1.29 is 9.59 Å². The lowest BCUT2D eigenvalue weighted by molar-refractivity contribution is -0.117. The van der Waals surface area contributed by atoms with Crippen LogP contribution in [0.5, 0.6) is 0 Å². The Labute approximate surface area is 177 Å². The van der Waals surface area contributed by atoms with Crippen molar-refractivity contribution in [2.75, 3.05) is 38.0 Å². The minimum Gasteiger partial charge on any atom is -0.336 e. The van der Waals surface area contributed by atoms with Crippen LogP contribution in [0.1, 0.15) is 21.5 Å². The van der Waals surface area contributed by atoms with Crippen LogP contribution >= 0.6 is 0 Å². The normalized spacial score (nSPS) is 14.7. The fourth-order valence-electron chi connectivity index (χ4n) is 3.97. The third-order valence-electron chi connectivity index (χ3n) is 5.93. The molecule has 0 atom stereocenters. The third kappa shape index (κ3) is 4.21. The zero-order chi connectivity index (χ0) is 21.1. The number of aryl methyl sites for hydroxylation is 1. The molecule has 5 heteroatoms. The molecule has 1 N–H and O–H groups in total. The lowest BCUT2D eigenvalue weighted by Crippen LogP contribution is -2.50. The van der Waals surface area contributed by atoms with Gasteiger partial charge in [0.25, 0.3) is 5.91 Å². The van der Waals surface area contributed by atoms with Gasteiger partial charge in [0.1, 0.15) is 0 Å². The van der Waals surface area contributed by atoms with Crippen molar-refractivity contribution in [2.24, 2.45) is 0 Å². The summed E-state index contributed by atoms with van der Waals surface area (Å²) in [6, 6.07) is 19.8. The molecule has 0 aliphatic carbocycles. The first-order valence-electron chi connectivity index (χ1n) is 10.4. The molecular formula is C25H27N3O2. The summed E-state index contributed by atoms with van der Waals surface area (Å²) in [5, 5.41) is 5.08. The molecule has 2 amide bonds. The first-order chi connectivity index (χ1) is 14.5. The first kappa shape index (κ1) is 20.1. The van der Waals surface area contributed by atoms with Gasteiger partial charge in [0.05, 0.1) is 6.54 Å². The largest absolute Gasteiger partial charge is 0.336 e. The van der Waals surface area contributed by atoms with Crippen molar-refractivity contribution in [2.45, 2.75) is 13.8 Å². The van der Waals surface area contributed by atoms with Crippen LogP contribution in [0, 0.1) is 13.8 Å². The van der Waals surface area contributed by atoms with Crippen LogP contribution in [0.4, 0.5) is 5.69 Å². The van der Waals surface area contributed by atoms with E-state index in [1.165, 1.54) is 0 Å². The van der Waals surface area contributed by atoms with E-state index in [4.69, 9.17) is 0 Å². The number of rotatable bonds is 4. The van der Waals surface area contributed by atoms with Gasteiger partial charge in [-0.2, -0.15) is 0 Å². The first-order valence-corrected chi connectivity index (χ1v) is 10.4. The van der Waals surface area contributed by atoms with E-state index in [0.717, 1.165) is 33.2 Å². The van der Waals surface area contributed by atoms with Crippen molar-refractivity contribution in [1.29, 1.82) is 0 Å². The van der Waals surface area contributed by atoms with Crippen molar-refractivity contribution in [3.63, 3.8) is 0 Å². The maximum absolute atomic E-state index is 13.1. The summed E-state index contributed by atoms with van der Waals surface area (Å²) in [6.45, 7) is 7.02. The predicted molar refractivity (Wildman–Crippen MR) is 121 cm³/mol. The van der Waals surface area contributed by atoms with E-state index < -0.39 is 0 Å². The predicted octanol–water partition coefficient (Wildman–Crippen LogP) is 3.85.